The zero-order valence-corrected chi connectivity index (χ0v) is 22.0. The Kier molecular flexibility index (Phi) is 5.24. The quantitative estimate of drug-likeness (QED) is 0.434. The van der Waals surface area contributed by atoms with Crippen LogP contribution in [-0.2, 0) is 7.05 Å². The Labute approximate surface area is 220 Å². The number of fused-ring (bicyclic) bond motifs is 1. The van der Waals surface area contributed by atoms with Crippen LogP contribution in [0.2, 0.25) is 0 Å². The molecule has 4 aromatic rings. The molecule has 6 rings (SSSR count). The number of likely N-dealkylation sites (tertiary alicyclic amines) is 1. The first-order valence-corrected chi connectivity index (χ1v) is 12.8. The molecule has 2 aliphatic heterocycles. The number of nitrogens with zero attached hydrogens (tertiary/aromatic N) is 8. The van der Waals surface area contributed by atoms with E-state index in [0.29, 0.717) is 18.7 Å². The zero-order valence-electron chi connectivity index (χ0n) is 22.0. The van der Waals surface area contributed by atoms with Gasteiger partial charge in [0.1, 0.15) is 11.9 Å². The number of hydrogen-bond donors (Lipinski definition) is 1. The minimum absolute atomic E-state index is 0.0209. The fourth-order valence-electron chi connectivity index (χ4n) is 6.64. The van der Waals surface area contributed by atoms with Crippen molar-refractivity contribution in [2.75, 3.05) is 18.0 Å². The highest BCUT2D eigenvalue weighted by atomic mass is 16.4. The number of nitriles is 1. The van der Waals surface area contributed by atoms with Gasteiger partial charge in [-0.05, 0) is 36.5 Å². The molecule has 38 heavy (non-hydrogen) atoms. The van der Waals surface area contributed by atoms with Gasteiger partial charge in [0.15, 0.2) is 0 Å². The fraction of sp³-hybridized carbons (Fsp3) is 0.393. The molecular formula is C28H30N8O2. The average Bonchev–Trinajstić information content (AvgIpc) is 3.59. The van der Waals surface area contributed by atoms with Crippen molar-refractivity contribution in [2.24, 2.45) is 12.5 Å². The molecule has 0 saturated carbocycles. The summed E-state index contributed by atoms with van der Waals surface area (Å²) < 4.78 is 3.49. The van der Waals surface area contributed by atoms with Crippen LogP contribution in [0.3, 0.4) is 0 Å². The minimum Gasteiger partial charge on any atom is -0.465 e. The fourth-order valence-corrected chi connectivity index (χ4v) is 6.64. The maximum absolute atomic E-state index is 12.1. The number of aryl methyl sites for hydroxylation is 1. The lowest BCUT2D eigenvalue weighted by atomic mass is 9.65. The summed E-state index contributed by atoms with van der Waals surface area (Å²) >= 11 is 0. The SMILES string of the molecule is Cn1cc(-c2cc(-c3ccc(N4CC5(CCCN5C(=O)O)C4C(C)(C)C)nc3)c3c(C#N)cnn3c2)cn1. The van der Waals surface area contributed by atoms with E-state index in [4.69, 9.17) is 4.98 Å². The molecule has 0 radical (unpaired) electrons. The molecule has 0 aromatic carbocycles. The molecule has 0 aliphatic carbocycles. The van der Waals surface area contributed by atoms with Crippen molar-refractivity contribution in [3.8, 4) is 28.3 Å². The predicted octanol–water partition coefficient (Wildman–Crippen LogP) is 4.42. The van der Waals surface area contributed by atoms with Crippen LogP contribution in [0.1, 0.15) is 39.2 Å². The van der Waals surface area contributed by atoms with Gasteiger partial charge in [-0.1, -0.05) is 20.8 Å². The van der Waals surface area contributed by atoms with Crippen LogP contribution in [0.15, 0.2) is 49.2 Å². The Morgan fingerprint density at radius 3 is 2.58 bits per heavy atom. The Balaban J connectivity index is 1.39. The Morgan fingerprint density at radius 2 is 1.95 bits per heavy atom. The highest BCUT2D eigenvalue weighted by Crippen LogP contribution is 2.51. The van der Waals surface area contributed by atoms with Crippen LogP contribution < -0.4 is 4.90 Å². The monoisotopic (exact) mass is 510 g/mol. The van der Waals surface area contributed by atoms with Crippen molar-refractivity contribution in [1.29, 1.82) is 5.26 Å². The zero-order chi connectivity index (χ0) is 26.8. The molecule has 1 spiro atoms. The molecule has 1 N–H and O–H groups in total. The molecule has 6 heterocycles. The van der Waals surface area contributed by atoms with Gasteiger partial charge in [0, 0.05) is 61.0 Å². The summed E-state index contributed by atoms with van der Waals surface area (Å²) in [6.07, 6.45) is 9.97. The first-order chi connectivity index (χ1) is 18.1. The molecular weight excluding hydrogens is 480 g/mol. The standard InChI is InChI=1S/C28H30N8O2/c1-27(2,3)25-28(8-5-9-35(28)26(37)38)17-34(25)23-7-6-18(12-30-23)22-10-19(21-14-31-33(4)15-21)16-36-24(22)20(11-29)13-32-36/h6-7,10,12-16,25H,5,8-9,17H2,1-4H3,(H,37,38). The van der Waals surface area contributed by atoms with Gasteiger partial charge in [-0.25, -0.2) is 14.3 Å². The van der Waals surface area contributed by atoms with E-state index in [9.17, 15) is 15.2 Å². The van der Waals surface area contributed by atoms with E-state index in [2.05, 4.69) is 41.9 Å². The second-order valence-corrected chi connectivity index (χ2v) is 11.5. The summed E-state index contributed by atoms with van der Waals surface area (Å²) in [5, 5.41) is 28.3. The van der Waals surface area contributed by atoms with Crippen LogP contribution in [0.5, 0.6) is 0 Å². The van der Waals surface area contributed by atoms with Crippen LogP contribution >= 0.6 is 0 Å². The van der Waals surface area contributed by atoms with Crippen molar-refractivity contribution in [3.05, 3.63) is 54.7 Å². The number of aromatic nitrogens is 5. The maximum Gasteiger partial charge on any atom is 0.407 e. The van der Waals surface area contributed by atoms with Crippen LogP contribution in [-0.4, -0.2) is 65.1 Å². The molecule has 2 unspecified atom stereocenters. The van der Waals surface area contributed by atoms with Gasteiger partial charge in [0.05, 0.1) is 35.1 Å². The number of rotatable bonds is 3. The summed E-state index contributed by atoms with van der Waals surface area (Å²) in [5.74, 6) is 0.824. The molecule has 4 aromatic heterocycles. The highest BCUT2D eigenvalue weighted by Gasteiger charge is 2.63. The third-order valence-corrected chi connectivity index (χ3v) is 7.97. The Hall–Kier alpha value is -4.39. The van der Waals surface area contributed by atoms with Gasteiger partial charge in [0.25, 0.3) is 0 Å². The number of pyridine rings is 2. The first kappa shape index (κ1) is 24.0. The van der Waals surface area contributed by atoms with Gasteiger partial charge in [-0.3, -0.25) is 9.58 Å². The largest absolute Gasteiger partial charge is 0.465 e. The van der Waals surface area contributed by atoms with Gasteiger partial charge < -0.3 is 10.0 Å². The van der Waals surface area contributed by atoms with Crippen LogP contribution in [0.4, 0.5) is 10.6 Å². The summed E-state index contributed by atoms with van der Waals surface area (Å²) in [5.41, 5.74) is 4.32. The summed E-state index contributed by atoms with van der Waals surface area (Å²) in [6, 6.07) is 8.34. The molecule has 2 saturated heterocycles. The average molecular weight is 511 g/mol. The van der Waals surface area contributed by atoms with Crippen LogP contribution in [0, 0.1) is 16.7 Å². The van der Waals surface area contributed by atoms with E-state index in [0.717, 1.165) is 46.4 Å². The van der Waals surface area contributed by atoms with Crippen molar-refractivity contribution in [3.63, 3.8) is 0 Å². The lowest BCUT2D eigenvalue weighted by Gasteiger charge is -2.63. The van der Waals surface area contributed by atoms with E-state index in [-0.39, 0.29) is 17.0 Å². The second-order valence-electron chi connectivity index (χ2n) is 11.5. The highest BCUT2D eigenvalue weighted by molar-refractivity contribution is 5.87. The van der Waals surface area contributed by atoms with Gasteiger partial charge in [0.2, 0.25) is 0 Å². The van der Waals surface area contributed by atoms with E-state index in [1.165, 1.54) is 0 Å². The minimum atomic E-state index is -0.841. The van der Waals surface area contributed by atoms with E-state index >= 15 is 0 Å². The van der Waals surface area contributed by atoms with E-state index < -0.39 is 6.09 Å². The van der Waals surface area contributed by atoms with E-state index in [1.54, 1.807) is 26.5 Å². The summed E-state index contributed by atoms with van der Waals surface area (Å²) in [4.78, 5) is 20.8. The lowest BCUT2D eigenvalue weighted by Crippen LogP contribution is -2.79. The number of carbonyl (C=O) groups is 1. The summed E-state index contributed by atoms with van der Waals surface area (Å²) in [6.45, 7) is 7.72. The first-order valence-electron chi connectivity index (χ1n) is 12.8. The number of anilines is 1. The topological polar surface area (TPSA) is 116 Å². The Bertz CT molecular complexity index is 1590. The number of amides is 1. The normalized spacial score (nSPS) is 21.2. The van der Waals surface area contributed by atoms with Gasteiger partial charge in [-0.2, -0.15) is 15.5 Å². The molecule has 10 nitrogen and oxygen atoms in total. The van der Waals surface area contributed by atoms with E-state index in [1.807, 2.05) is 43.8 Å². The molecule has 1 amide bonds. The third-order valence-electron chi connectivity index (χ3n) is 7.97. The van der Waals surface area contributed by atoms with Crippen molar-refractivity contribution < 1.29 is 9.90 Å². The molecule has 10 heteroatoms. The molecule has 2 fully saturated rings. The van der Waals surface area contributed by atoms with Crippen molar-refractivity contribution in [2.45, 2.75) is 45.2 Å². The molecule has 2 atom stereocenters. The van der Waals surface area contributed by atoms with Crippen molar-refractivity contribution >= 4 is 17.4 Å². The number of hydrogen-bond acceptors (Lipinski definition) is 6. The second kappa shape index (κ2) is 8.31. The Morgan fingerprint density at radius 1 is 1.13 bits per heavy atom. The van der Waals surface area contributed by atoms with Gasteiger partial charge in [-0.15, -0.1) is 0 Å². The summed E-state index contributed by atoms with van der Waals surface area (Å²) in [7, 11) is 1.87. The van der Waals surface area contributed by atoms with Crippen molar-refractivity contribution in [1.82, 2.24) is 29.3 Å². The maximum atomic E-state index is 12.1. The van der Waals surface area contributed by atoms with Gasteiger partial charge >= 0.3 is 6.09 Å². The molecule has 2 aliphatic rings. The smallest absolute Gasteiger partial charge is 0.407 e. The molecule has 0 bridgehead atoms. The predicted molar refractivity (Wildman–Crippen MR) is 143 cm³/mol. The number of carboxylic acid groups (broad SMARTS) is 1. The van der Waals surface area contributed by atoms with Crippen LogP contribution in [0.25, 0.3) is 27.8 Å². The third kappa shape index (κ3) is 3.53. The molecule has 194 valence electrons. The lowest BCUT2D eigenvalue weighted by molar-refractivity contribution is 0.0109.